The fraction of sp³-hybridized carbons (Fsp3) is 0.462. The zero-order chi connectivity index (χ0) is 12.5. The van der Waals surface area contributed by atoms with E-state index in [1.165, 1.54) is 7.11 Å². The molecular formula is C13H16O4. The molecule has 0 amide bonds. The van der Waals surface area contributed by atoms with E-state index in [0.29, 0.717) is 11.3 Å². The smallest absolute Gasteiger partial charge is 0.306 e. The highest BCUT2D eigenvalue weighted by molar-refractivity contribution is 5.69. The van der Waals surface area contributed by atoms with Gasteiger partial charge in [-0.25, -0.2) is 0 Å². The number of hydrogen-bond donors (Lipinski definition) is 2. The van der Waals surface area contributed by atoms with Gasteiger partial charge in [-0.15, -0.1) is 0 Å². The Bertz CT molecular complexity index is 425. The van der Waals surface area contributed by atoms with Gasteiger partial charge in [0.1, 0.15) is 11.4 Å². The van der Waals surface area contributed by atoms with Crippen molar-refractivity contribution in [2.45, 2.75) is 24.9 Å². The largest absolute Gasteiger partial charge is 0.496 e. The molecule has 2 rings (SSSR count). The summed E-state index contributed by atoms with van der Waals surface area (Å²) in [6, 6.07) is 7.06. The van der Waals surface area contributed by atoms with E-state index in [9.17, 15) is 9.90 Å². The minimum atomic E-state index is -1.31. The molecule has 1 saturated carbocycles. The molecule has 4 nitrogen and oxygen atoms in total. The molecule has 1 fully saturated rings. The van der Waals surface area contributed by atoms with E-state index in [-0.39, 0.29) is 12.3 Å². The van der Waals surface area contributed by atoms with Crippen LogP contribution >= 0.6 is 0 Å². The van der Waals surface area contributed by atoms with Crippen LogP contribution in [0.5, 0.6) is 5.75 Å². The first-order valence-electron chi connectivity index (χ1n) is 5.65. The fourth-order valence-electron chi connectivity index (χ4n) is 2.25. The monoisotopic (exact) mass is 236 g/mol. The van der Waals surface area contributed by atoms with E-state index >= 15 is 0 Å². The standard InChI is InChI=1S/C13H16O4/c1-17-11-5-3-2-4-10(11)13(16,8-12(14)15)9-6-7-9/h2-5,9,16H,6-8H2,1H3,(H,14,15). The van der Waals surface area contributed by atoms with Gasteiger partial charge < -0.3 is 14.9 Å². The third-order valence-corrected chi connectivity index (χ3v) is 3.25. The first kappa shape index (κ1) is 11.9. The van der Waals surface area contributed by atoms with Gasteiger partial charge in [0.15, 0.2) is 0 Å². The summed E-state index contributed by atoms with van der Waals surface area (Å²) >= 11 is 0. The molecule has 1 atom stereocenters. The van der Waals surface area contributed by atoms with Crippen LogP contribution in [0.3, 0.4) is 0 Å². The lowest BCUT2D eigenvalue weighted by molar-refractivity contribution is -0.144. The minimum absolute atomic E-state index is 0.0231. The molecule has 2 N–H and O–H groups in total. The predicted molar refractivity (Wildman–Crippen MR) is 61.9 cm³/mol. The number of benzene rings is 1. The summed E-state index contributed by atoms with van der Waals surface area (Å²) in [6.07, 6.45) is 1.45. The molecule has 0 spiro atoms. The van der Waals surface area contributed by atoms with Gasteiger partial charge in [-0.3, -0.25) is 4.79 Å². The van der Waals surface area contributed by atoms with Gasteiger partial charge in [0.05, 0.1) is 13.5 Å². The molecule has 1 aromatic carbocycles. The Hall–Kier alpha value is -1.55. The summed E-state index contributed by atoms with van der Waals surface area (Å²) in [7, 11) is 1.52. The van der Waals surface area contributed by atoms with Crippen molar-refractivity contribution in [3.05, 3.63) is 29.8 Å². The number of carbonyl (C=O) groups is 1. The van der Waals surface area contributed by atoms with Gasteiger partial charge in [0.2, 0.25) is 0 Å². The van der Waals surface area contributed by atoms with Crippen LogP contribution in [0.1, 0.15) is 24.8 Å². The number of carboxylic acid groups (broad SMARTS) is 1. The van der Waals surface area contributed by atoms with Crippen molar-refractivity contribution in [3.63, 3.8) is 0 Å². The van der Waals surface area contributed by atoms with E-state index in [2.05, 4.69) is 0 Å². The maximum Gasteiger partial charge on any atom is 0.306 e. The van der Waals surface area contributed by atoms with Crippen molar-refractivity contribution in [3.8, 4) is 5.75 Å². The summed E-state index contributed by atoms with van der Waals surface area (Å²) in [5, 5.41) is 19.6. The summed E-state index contributed by atoms with van der Waals surface area (Å²) < 4.78 is 5.20. The summed E-state index contributed by atoms with van der Waals surface area (Å²) in [5.41, 5.74) is -0.731. The van der Waals surface area contributed by atoms with Crippen molar-refractivity contribution in [2.75, 3.05) is 7.11 Å². The zero-order valence-corrected chi connectivity index (χ0v) is 9.72. The minimum Gasteiger partial charge on any atom is -0.496 e. The highest BCUT2D eigenvalue weighted by atomic mass is 16.5. The van der Waals surface area contributed by atoms with Crippen molar-refractivity contribution in [1.29, 1.82) is 0 Å². The molecule has 1 aliphatic carbocycles. The lowest BCUT2D eigenvalue weighted by Crippen LogP contribution is -2.32. The first-order valence-corrected chi connectivity index (χ1v) is 5.65. The Morgan fingerprint density at radius 3 is 2.65 bits per heavy atom. The van der Waals surface area contributed by atoms with Crippen LogP contribution in [0, 0.1) is 5.92 Å². The van der Waals surface area contributed by atoms with Crippen molar-refractivity contribution < 1.29 is 19.7 Å². The zero-order valence-electron chi connectivity index (χ0n) is 9.72. The normalized spacial score (nSPS) is 18.5. The maximum absolute atomic E-state index is 10.9. The topological polar surface area (TPSA) is 66.8 Å². The molecule has 0 radical (unpaired) electrons. The number of aliphatic hydroxyl groups is 1. The number of rotatable bonds is 5. The van der Waals surface area contributed by atoms with E-state index in [1.54, 1.807) is 24.3 Å². The second-order valence-electron chi connectivity index (χ2n) is 4.47. The molecule has 0 heterocycles. The number of para-hydroxylation sites is 1. The fourth-order valence-corrected chi connectivity index (χ4v) is 2.25. The van der Waals surface area contributed by atoms with Gasteiger partial charge in [-0.2, -0.15) is 0 Å². The molecule has 0 saturated heterocycles. The van der Waals surface area contributed by atoms with Gasteiger partial charge in [-0.1, -0.05) is 18.2 Å². The van der Waals surface area contributed by atoms with Gasteiger partial charge in [-0.05, 0) is 24.8 Å². The van der Waals surface area contributed by atoms with E-state index in [0.717, 1.165) is 12.8 Å². The maximum atomic E-state index is 10.9. The molecule has 1 unspecified atom stereocenters. The van der Waals surface area contributed by atoms with E-state index in [1.807, 2.05) is 0 Å². The number of aliphatic carboxylic acids is 1. The van der Waals surface area contributed by atoms with E-state index in [4.69, 9.17) is 9.84 Å². The van der Waals surface area contributed by atoms with Gasteiger partial charge >= 0.3 is 5.97 Å². The number of hydrogen-bond acceptors (Lipinski definition) is 3. The summed E-state index contributed by atoms with van der Waals surface area (Å²) in [4.78, 5) is 10.9. The lowest BCUT2D eigenvalue weighted by Gasteiger charge is -2.28. The van der Waals surface area contributed by atoms with E-state index < -0.39 is 11.6 Å². The Kier molecular flexibility index (Phi) is 3.07. The van der Waals surface area contributed by atoms with Crippen molar-refractivity contribution in [2.24, 2.45) is 5.92 Å². The lowest BCUT2D eigenvalue weighted by atomic mass is 9.85. The number of methoxy groups -OCH3 is 1. The Morgan fingerprint density at radius 2 is 2.12 bits per heavy atom. The molecule has 0 aromatic heterocycles. The van der Waals surface area contributed by atoms with Crippen molar-refractivity contribution >= 4 is 5.97 Å². The van der Waals surface area contributed by atoms with Gasteiger partial charge in [0, 0.05) is 5.56 Å². The third-order valence-electron chi connectivity index (χ3n) is 3.25. The van der Waals surface area contributed by atoms with Crippen LogP contribution in [0.15, 0.2) is 24.3 Å². The molecule has 0 bridgehead atoms. The molecule has 1 aromatic rings. The highest BCUT2D eigenvalue weighted by Gasteiger charge is 2.47. The average Bonchev–Trinajstić information content (AvgIpc) is 3.12. The highest BCUT2D eigenvalue weighted by Crippen LogP contribution is 2.49. The second kappa shape index (κ2) is 4.37. The third kappa shape index (κ3) is 2.26. The Morgan fingerprint density at radius 1 is 1.47 bits per heavy atom. The molecule has 4 heteroatoms. The van der Waals surface area contributed by atoms with Crippen LogP contribution in [0.2, 0.25) is 0 Å². The molecule has 17 heavy (non-hydrogen) atoms. The number of ether oxygens (including phenoxy) is 1. The Balaban J connectivity index is 2.41. The quantitative estimate of drug-likeness (QED) is 0.817. The molecule has 0 aliphatic heterocycles. The molecular weight excluding hydrogens is 220 g/mol. The van der Waals surface area contributed by atoms with Crippen LogP contribution < -0.4 is 4.74 Å². The van der Waals surface area contributed by atoms with Crippen LogP contribution in [-0.2, 0) is 10.4 Å². The van der Waals surface area contributed by atoms with Crippen LogP contribution in [-0.4, -0.2) is 23.3 Å². The number of carboxylic acids is 1. The molecule has 1 aliphatic rings. The van der Waals surface area contributed by atoms with Crippen molar-refractivity contribution in [1.82, 2.24) is 0 Å². The SMILES string of the molecule is COc1ccccc1C(O)(CC(=O)O)C1CC1. The summed E-state index contributed by atoms with van der Waals surface area (Å²) in [6.45, 7) is 0. The summed E-state index contributed by atoms with van der Waals surface area (Å²) in [5.74, 6) is -0.427. The van der Waals surface area contributed by atoms with Gasteiger partial charge in [0.25, 0.3) is 0 Å². The first-order chi connectivity index (χ1) is 8.08. The van der Waals surface area contributed by atoms with Crippen LogP contribution in [0.4, 0.5) is 0 Å². The molecule has 92 valence electrons. The Labute approximate surface area is 99.8 Å². The second-order valence-corrected chi connectivity index (χ2v) is 4.47. The average molecular weight is 236 g/mol. The predicted octanol–water partition coefficient (Wildman–Crippen LogP) is 1.77. The van der Waals surface area contributed by atoms with Crippen LogP contribution in [0.25, 0.3) is 0 Å².